The van der Waals surface area contributed by atoms with Crippen molar-refractivity contribution in [3.8, 4) is 0 Å². The summed E-state index contributed by atoms with van der Waals surface area (Å²) < 4.78 is 4.50. The van der Waals surface area contributed by atoms with E-state index in [1.165, 1.54) is 12.2 Å². The number of aliphatic hydroxyl groups is 1. The molecule has 0 saturated heterocycles. The van der Waals surface area contributed by atoms with Crippen LogP contribution in [0, 0.1) is 0 Å². The quantitative estimate of drug-likeness (QED) is 0.401. The van der Waals surface area contributed by atoms with Crippen LogP contribution in [0.1, 0.15) is 27.2 Å². The van der Waals surface area contributed by atoms with Crippen LogP contribution in [0.3, 0.4) is 0 Å². The van der Waals surface area contributed by atoms with Crippen LogP contribution in [-0.4, -0.2) is 11.1 Å². The summed E-state index contributed by atoms with van der Waals surface area (Å²) in [5, 5.41) is 8.92. The van der Waals surface area contributed by atoms with Crippen molar-refractivity contribution in [1.29, 1.82) is 0 Å². The van der Waals surface area contributed by atoms with Crippen LogP contribution in [-0.2, 0) is 9.53 Å². The lowest BCUT2D eigenvalue weighted by Crippen LogP contribution is -2.00. The molecule has 3 heteroatoms. The van der Waals surface area contributed by atoms with Crippen molar-refractivity contribution in [3.63, 3.8) is 0 Å². The van der Waals surface area contributed by atoms with E-state index in [1.54, 1.807) is 13.8 Å². The van der Waals surface area contributed by atoms with Gasteiger partial charge < -0.3 is 9.84 Å². The molecule has 0 aliphatic heterocycles. The van der Waals surface area contributed by atoms with Crippen molar-refractivity contribution in [2.75, 3.05) is 0 Å². The zero-order chi connectivity index (χ0) is 9.56. The first-order valence-corrected chi connectivity index (χ1v) is 3.82. The van der Waals surface area contributed by atoms with Gasteiger partial charge in [0.25, 0.3) is 5.95 Å². The van der Waals surface area contributed by atoms with Crippen LogP contribution >= 0.6 is 0 Å². The zero-order valence-electron chi connectivity index (χ0n) is 7.63. The lowest BCUT2D eigenvalue weighted by molar-refractivity contribution is -0.137. The van der Waals surface area contributed by atoms with Crippen LogP contribution in [0.25, 0.3) is 0 Å². The van der Waals surface area contributed by atoms with E-state index in [1.807, 2.05) is 6.92 Å². The molecule has 0 fully saturated rings. The molecule has 1 N–H and O–H groups in total. The fourth-order valence-electron chi connectivity index (χ4n) is 0.585. The summed E-state index contributed by atoms with van der Waals surface area (Å²) in [6, 6.07) is 0. The predicted molar refractivity (Wildman–Crippen MR) is 46.5 cm³/mol. The maximum absolute atomic E-state index is 10.8. The molecule has 0 aromatic carbocycles. The molecule has 68 valence electrons. The molecule has 0 atom stereocenters. The first kappa shape index (κ1) is 10.8. The van der Waals surface area contributed by atoms with Crippen LogP contribution in [0.15, 0.2) is 23.7 Å². The van der Waals surface area contributed by atoms with Crippen molar-refractivity contribution in [3.05, 3.63) is 23.7 Å². The van der Waals surface area contributed by atoms with Crippen LogP contribution in [0.4, 0.5) is 0 Å². The molecule has 12 heavy (non-hydrogen) atoms. The van der Waals surface area contributed by atoms with E-state index >= 15 is 0 Å². The Morgan fingerprint density at radius 1 is 1.50 bits per heavy atom. The summed E-state index contributed by atoms with van der Waals surface area (Å²) >= 11 is 0. The number of allylic oxidation sites excluding steroid dienone is 2. The van der Waals surface area contributed by atoms with Gasteiger partial charge in [0.1, 0.15) is 0 Å². The van der Waals surface area contributed by atoms with Gasteiger partial charge in [-0.25, -0.2) is 4.79 Å². The third kappa shape index (κ3) is 5.53. The number of aliphatic hydroxyl groups excluding tert-OH is 1. The maximum Gasteiger partial charge on any atom is 0.338 e. The second-order valence-corrected chi connectivity index (χ2v) is 2.59. The van der Waals surface area contributed by atoms with E-state index in [2.05, 4.69) is 4.74 Å². The number of ether oxygens (including phenoxy) is 1. The lowest BCUT2D eigenvalue weighted by atomic mass is 10.3. The average Bonchev–Trinajstić information content (AvgIpc) is 1.84. The Bertz CT molecular complexity index is 210. The van der Waals surface area contributed by atoms with Gasteiger partial charge in [-0.3, -0.25) is 0 Å². The Kier molecular flexibility index (Phi) is 4.84. The van der Waals surface area contributed by atoms with E-state index in [0.717, 1.165) is 5.57 Å². The third-order valence-electron chi connectivity index (χ3n) is 0.990. The maximum atomic E-state index is 10.8. The molecule has 0 radical (unpaired) electrons. The first-order chi connectivity index (χ1) is 5.56. The zero-order valence-corrected chi connectivity index (χ0v) is 7.63. The standard InChI is InChI=1S/C9H14O3/c1-4-5-8(10)12-9(11)6-7(2)3/h5-6,10H,4H2,1-3H3. The predicted octanol–water partition coefficient (Wildman–Crippen LogP) is 2.31. The summed E-state index contributed by atoms with van der Waals surface area (Å²) in [6.45, 7) is 5.40. The molecule has 0 aliphatic carbocycles. The van der Waals surface area contributed by atoms with Gasteiger partial charge in [-0.05, 0) is 26.3 Å². The fraction of sp³-hybridized carbons (Fsp3) is 0.444. The highest BCUT2D eigenvalue weighted by molar-refractivity contribution is 5.83. The monoisotopic (exact) mass is 170 g/mol. The van der Waals surface area contributed by atoms with E-state index in [0.29, 0.717) is 6.42 Å². The largest absolute Gasteiger partial charge is 0.481 e. The third-order valence-corrected chi connectivity index (χ3v) is 0.990. The normalized spacial score (nSPS) is 10.8. The minimum atomic E-state index is -0.544. The number of carbonyl (C=O) groups excluding carboxylic acids is 1. The summed E-state index contributed by atoms with van der Waals surface area (Å²) in [6.07, 6.45) is 3.38. The Morgan fingerprint density at radius 3 is 2.50 bits per heavy atom. The second-order valence-electron chi connectivity index (χ2n) is 2.59. The van der Waals surface area contributed by atoms with Gasteiger partial charge >= 0.3 is 5.97 Å². The molecule has 3 nitrogen and oxygen atoms in total. The summed E-state index contributed by atoms with van der Waals surface area (Å²) in [5.74, 6) is -0.878. The van der Waals surface area contributed by atoms with Gasteiger partial charge in [0.05, 0.1) is 0 Å². The van der Waals surface area contributed by atoms with E-state index in [4.69, 9.17) is 5.11 Å². The van der Waals surface area contributed by atoms with Gasteiger partial charge in [-0.2, -0.15) is 0 Å². The van der Waals surface area contributed by atoms with E-state index in [9.17, 15) is 4.79 Å². The van der Waals surface area contributed by atoms with Crippen molar-refractivity contribution in [2.24, 2.45) is 0 Å². The van der Waals surface area contributed by atoms with Gasteiger partial charge in [-0.1, -0.05) is 12.5 Å². The molecule has 0 bridgehead atoms. The second kappa shape index (κ2) is 5.41. The number of hydrogen-bond acceptors (Lipinski definition) is 3. The van der Waals surface area contributed by atoms with Crippen LogP contribution in [0.2, 0.25) is 0 Å². The minimum Gasteiger partial charge on any atom is -0.481 e. The SMILES string of the molecule is CCC=C(O)OC(=O)C=C(C)C. The highest BCUT2D eigenvalue weighted by atomic mass is 16.6. The van der Waals surface area contributed by atoms with Crippen molar-refractivity contribution in [2.45, 2.75) is 27.2 Å². The number of hydrogen-bond donors (Lipinski definition) is 1. The molecule has 0 saturated carbocycles. The molecule has 0 heterocycles. The van der Waals surface area contributed by atoms with Crippen LogP contribution < -0.4 is 0 Å². The lowest BCUT2D eigenvalue weighted by Gasteiger charge is -1.98. The Labute approximate surface area is 72.3 Å². The molecule has 0 spiro atoms. The number of rotatable bonds is 3. The summed E-state index contributed by atoms with van der Waals surface area (Å²) in [4.78, 5) is 10.8. The Hall–Kier alpha value is -1.25. The topological polar surface area (TPSA) is 46.5 Å². The van der Waals surface area contributed by atoms with Gasteiger partial charge in [-0.15, -0.1) is 0 Å². The minimum absolute atomic E-state index is 0.333. The number of esters is 1. The van der Waals surface area contributed by atoms with E-state index < -0.39 is 5.97 Å². The summed E-state index contributed by atoms with van der Waals surface area (Å²) in [7, 11) is 0. The van der Waals surface area contributed by atoms with E-state index in [-0.39, 0.29) is 5.95 Å². The molecule has 0 unspecified atom stereocenters. The fourth-order valence-corrected chi connectivity index (χ4v) is 0.585. The molecular formula is C9H14O3. The molecule has 0 amide bonds. The summed E-state index contributed by atoms with van der Waals surface area (Å²) in [5.41, 5.74) is 0.837. The van der Waals surface area contributed by atoms with Crippen LogP contribution in [0.5, 0.6) is 0 Å². The van der Waals surface area contributed by atoms with Gasteiger partial charge in [0, 0.05) is 6.08 Å². The molecule has 0 aromatic rings. The smallest absolute Gasteiger partial charge is 0.338 e. The van der Waals surface area contributed by atoms with Crippen molar-refractivity contribution in [1.82, 2.24) is 0 Å². The number of carbonyl (C=O) groups is 1. The molecule has 0 aliphatic rings. The highest BCUT2D eigenvalue weighted by Gasteiger charge is 2.00. The van der Waals surface area contributed by atoms with Gasteiger partial charge in [0.2, 0.25) is 0 Å². The van der Waals surface area contributed by atoms with Crippen molar-refractivity contribution < 1.29 is 14.6 Å². The molecule has 0 rings (SSSR count). The highest BCUT2D eigenvalue weighted by Crippen LogP contribution is 1.97. The first-order valence-electron chi connectivity index (χ1n) is 3.82. The molecular weight excluding hydrogens is 156 g/mol. The average molecular weight is 170 g/mol. The van der Waals surface area contributed by atoms with Gasteiger partial charge in [0.15, 0.2) is 0 Å². The molecule has 0 aromatic heterocycles. The Balaban J connectivity index is 4.02. The Morgan fingerprint density at radius 2 is 2.08 bits per heavy atom. The van der Waals surface area contributed by atoms with Crippen molar-refractivity contribution >= 4 is 5.97 Å².